The van der Waals surface area contributed by atoms with Crippen LogP contribution in [0.1, 0.15) is 18.9 Å². The number of carbonyl (C=O) groups excluding carboxylic acids is 2. The maximum absolute atomic E-state index is 12.9. The van der Waals surface area contributed by atoms with Crippen LogP contribution in [0.2, 0.25) is 0 Å². The molecule has 2 aromatic rings. The number of anilines is 2. The zero-order chi connectivity index (χ0) is 20.4. The van der Waals surface area contributed by atoms with Crippen LogP contribution in [0, 0.1) is 0 Å². The molecule has 1 saturated heterocycles. The predicted molar refractivity (Wildman–Crippen MR) is 106 cm³/mol. The van der Waals surface area contributed by atoms with Crippen LogP contribution in [0.5, 0.6) is 0 Å². The number of benzene rings is 1. The first-order valence-corrected chi connectivity index (χ1v) is 9.54. The average Bonchev–Trinajstić information content (AvgIpc) is 2.73. The first-order chi connectivity index (χ1) is 14.1. The first-order valence-electron chi connectivity index (χ1n) is 9.54. The normalized spacial score (nSPS) is 16.2. The van der Waals surface area contributed by atoms with Crippen LogP contribution >= 0.6 is 0 Å². The Morgan fingerprint density at radius 2 is 2.00 bits per heavy atom. The molecule has 9 heteroatoms. The van der Waals surface area contributed by atoms with Crippen LogP contribution in [0.3, 0.4) is 0 Å². The molecule has 0 bridgehead atoms. The number of morpholine rings is 1. The van der Waals surface area contributed by atoms with E-state index in [0.717, 1.165) is 12.0 Å². The van der Waals surface area contributed by atoms with Gasteiger partial charge < -0.3 is 15.0 Å². The molecule has 1 fully saturated rings. The van der Waals surface area contributed by atoms with Gasteiger partial charge in [-0.25, -0.2) is 0 Å². The molecule has 150 valence electrons. The smallest absolute Gasteiger partial charge is 0.262 e. The van der Waals surface area contributed by atoms with E-state index in [1.54, 1.807) is 6.07 Å². The third-order valence-electron chi connectivity index (χ3n) is 4.98. The monoisotopic (exact) mass is 395 g/mol. The van der Waals surface area contributed by atoms with Crippen molar-refractivity contribution in [3.63, 3.8) is 0 Å². The van der Waals surface area contributed by atoms with Gasteiger partial charge in [0.25, 0.3) is 17.4 Å². The highest BCUT2D eigenvalue weighted by molar-refractivity contribution is 6.23. The Balaban J connectivity index is 1.78. The minimum atomic E-state index is -0.502. The van der Waals surface area contributed by atoms with Crippen molar-refractivity contribution in [1.82, 2.24) is 9.97 Å². The average molecular weight is 395 g/mol. The molecule has 4 rings (SSSR count). The van der Waals surface area contributed by atoms with E-state index < -0.39 is 17.4 Å². The summed E-state index contributed by atoms with van der Waals surface area (Å²) in [4.78, 5) is 50.7. The van der Waals surface area contributed by atoms with Crippen molar-refractivity contribution in [2.75, 3.05) is 36.5 Å². The van der Waals surface area contributed by atoms with Crippen LogP contribution < -0.4 is 26.5 Å². The van der Waals surface area contributed by atoms with Gasteiger partial charge >= 0.3 is 0 Å². The number of hydrogen-bond donors (Lipinski definition) is 2. The van der Waals surface area contributed by atoms with E-state index in [1.807, 2.05) is 30.0 Å². The molecule has 0 spiro atoms. The molecule has 1 aromatic heterocycles. The summed E-state index contributed by atoms with van der Waals surface area (Å²) in [5.41, 5.74) is 1.19. The maximum atomic E-state index is 12.9. The molecule has 0 atom stereocenters. The second-order valence-corrected chi connectivity index (χ2v) is 6.81. The first kappa shape index (κ1) is 19.0. The summed E-state index contributed by atoms with van der Waals surface area (Å²) in [5, 5.41) is 2.87. The summed E-state index contributed by atoms with van der Waals surface area (Å²) in [6.07, 6.45) is 0.496. The van der Waals surface area contributed by atoms with E-state index >= 15 is 0 Å². The fraction of sp³-hybridized carbons (Fsp3) is 0.350. The number of hydrogen-bond acceptors (Lipinski definition) is 6. The Labute approximate surface area is 166 Å². The Morgan fingerprint density at radius 1 is 1.24 bits per heavy atom. The number of ether oxygens (including phenoxy) is 1. The van der Waals surface area contributed by atoms with Gasteiger partial charge in [0.1, 0.15) is 0 Å². The predicted octanol–water partition coefficient (Wildman–Crippen LogP) is -0.492. The SMILES string of the molecule is CCc1ccccc1NC(=O)C1=c2c(nc(N3CCOCC3)[nH]c2=O)=NC(=O)C1. The van der Waals surface area contributed by atoms with Crippen LogP contribution in [-0.2, 0) is 20.7 Å². The number of aromatic nitrogens is 2. The van der Waals surface area contributed by atoms with Crippen molar-refractivity contribution < 1.29 is 14.3 Å². The fourth-order valence-corrected chi connectivity index (χ4v) is 3.47. The van der Waals surface area contributed by atoms with E-state index in [0.29, 0.717) is 37.9 Å². The largest absolute Gasteiger partial charge is 0.378 e. The van der Waals surface area contributed by atoms with Gasteiger partial charge in [0.05, 0.1) is 24.9 Å². The number of para-hydroxylation sites is 1. The highest BCUT2D eigenvalue weighted by Gasteiger charge is 2.24. The zero-order valence-corrected chi connectivity index (χ0v) is 16.0. The standard InChI is InChI=1S/C20H21N5O4/c1-2-12-5-3-4-6-14(12)21-18(27)13-11-15(26)22-17-16(13)19(28)24-20(23-17)25-7-9-29-10-8-25/h3-6H,2,7-11H2,1H3,(H,21,27)(H,22,23,24,26,28). The lowest BCUT2D eigenvalue weighted by Crippen LogP contribution is -2.51. The van der Waals surface area contributed by atoms with Crippen molar-refractivity contribution in [2.45, 2.75) is 19.8 Å². The molecule has 0 aliphatic carbocycles. The fourth-order valence-electron chi connectivity index (χ4n) is 3.47. The Morgan fingerprint density at radius 3 is 2.76 bits per heavy atom. The number of H-pyrrole nitrogens is 1. The zero-order valence-electron chi connectivity index (χ0n) is 16.0. The quantitative estimate of drug-likeness (QED) is 0.722. The molecule has 29 heavy (non-hydrogen) atoms. The summed E-state index contributed by atoms with van der Waals surface area (Å²) >= 11 is 0. The van der Waals surface area contributed by atoms with E-state index in [2.05, 4.69) is 20.3 Å². The van der Waals surface area contributed by atoms with Gasteiger partial charge in [0.15, 0.2) is 5.49 Å². The van der Waals surface area contributed by atoms with Gasteiger partial charge in [-0.05, 0) is 18.1 Å². The number of aromatic amines is 1. The Hall–Kier alpha value is -3.33. The lowest BCUT2D eigenvalue weighted by Gasteiger charge is -2.27. The molecular weight excluding hydrogens is 374 g/mol. The van der Waals surface area contributed by atoms with Gasteiger partial charge in [0, 0.05) is 24.4 Å². The summed E-state index contributed by atoms with van der Waals surface area (Å²) < 4.78 is 5.31. The number of nitrogens with one attached hydrogen (secondary N) is 2. The number of rotatable bonds is 4. The third-order valence-corrected chi connectivity index (χ3v) is 4.98. The molecule has 9 nitrogen and oxygen atoms in total. The highest BCUT2D eigenvalue weighted by Crippen LogP contribution is 2.17. The third kappa shape index (κ3) is 3.81. The molecule has 3 heterocycles. The van der Waals surface area contributed by atoms with Gasteiger partial charge in [0.2, 0.25) is 5.95 Å². The van der Waals surface area contributed by atoms with Gasteiger partial charge in [-0.15, -0.1) is 0 Å². The van der Waals surface area contributed by atoms with E-state index in [-0.39, 0.29) is 22.7 Å². The van der Waals surface area contributed by atoms with Crippen molar-refractivity contribution in [3.8, 4) is 0 Å². The number of carbonyl (C=O) groups is 2. The van der Waals surface area contributed by atoms with Gasteiger partial charge in [-0.2, -0.15) is 9.98 Å². The molecule has 2 aliphatic heterocycles. The van der Waals surface area contributed by atoms with Crippen LogP contribution in [-0.4, -0.2) is 48.1 Å². The minimum absolute atomic E-state index is 0.0135. The van der Waals surface area contributed by atoms with Gasteiger partial charge in [-0.3, -0.25) is 19.4 Å². The summed E-state index contributed by atoms with van der Waals surface area (Å²) in [6.45, 7) is 4.17. The highest BCUT2D eigenvalue weighted by atomic mass is 16.5. The summed E-state index contributed by atoms with van der Waals surface area (Å²) in [6, 6.07) is 7.41. The molecule has 2 aliphatic rings. The van der Waals surface area contributed by atoms with E-state index in [9.17, 15) is 14.4 Å². The molecule has 0 radical (unpaired) electrons. The van der Waals surface area contributed by atoms with E-state index in [4.69, 9.17) is 4.74 Å². The number of nitrogens with zero attached hydrogens (tertiary/aromatic N) is 3. The van der Waals surface area contributed by atoms with Gasteiger partial charge in [-0.1, -0.05) is 25.1 Å². The van der Waals surface area contributed by atoms with Crippen LogP contribution in [0.15, 0.2) is 34.1 Å². The van der Waals surface area contributed by atoms with Crippen LogP contribution in [0.4, 0.5) is 11.6 Å². The molecule has 2 N–H and O–H groups in total. The molecule has 2 amide bonds. The summed E-state index contributed by atoms with van der Waals surface area (Å²) in [7, 11) is 0. The number of aryl methyl sites for hydroxylation is 1. The molecule has 0 unspecified atom stereocenters. The molecule has 0 saturated carbocycles. The van der Waals surface area contributed by atoms with Crippen molar-refractivity contribution in [3.05, 3.63) is 50.9 Å². The Bertz CT molecular complexity index is 1150. The maximum Gasteiger partial charge on any atom is 0.262 e. The lowest BCUT2D eigenvalue weighted by molar-refractivity contribution is -0.118. The minimum Gasteiger partial charge on any atom is -0.378 e. The second-order valence-electron chi connectivity index (χ2n) is 6.81. The number of amides is 2. The van der Waals surface area contributed by atoms with Crippen LogP contribution in [0.25, 0.3) is 5.57 Å². The van der Waals surface area contributed by atoms with Crippen molar-refractivity contribution >= 4 is 29.0 Å². The second kappa shape index (κ2) is 7.96. The Kier molecular flexibility index (Phi) is 5.22. The topological polar surface area (TPSA) is 117 Å². The van der Waals surface area contributed by atoms with E-state index in [1.165, 1.54) is 0 Å². The lowest BCUT2D eigenvalue weighted by atomic mass is 10.1. The molecule has 1 aromatic carbocycles. The number of fused-ring (bicyclic) bond motifs is 1. The van der Waals surface area contributed by atoms with Crippen molar-refractivity contribution in [1.29, 1.82) is 0 Å². The summed E-state index contributed by atoms with van der Waals surface area (Å²) in [5.74, 6) is -0.675. The molecular formula is C20H21N5O4. The van der Waals surface area contributed by atoms with Crippen molar-refractivity contribution in [2.24, 2.45) is 4.99 Å².